The smallest absolute Gasteiger partial charge is 0.0832 e. The summed E-state index contributed by atoms with van der Waals surface area (Å²) >= 11 is 3.48. The molecule has 0 saturated carbocycles. The van der Waals surface area contributed by atoms with E-state index in [0.717, 1.165) is 27.7 Å². The summed E-state index contributed by atoms with van der Waals surface area (Å²) in [6, 6.07) is 12.4. The molecule has 1 N–H and O–H groups in total. The van der Waals surface area contributed by atoms with E-state index in [2.05, 4.69) is 50.5 Å². The number of aliphatic hydroxyl groups is 1. The highest BCUT2D eigenvalue weighted by Gasteiger charge is 2.04. The van der Waals surface area contributed by atoms with Gasteiger partial charge in [-0.25, -0.2) is 4.68 Å². The number of halogens is 1. The fourth-order valence-corrected chi connectivity index (χ4v) is 2.52. The van der Waals surface area contributed by atoms with Crippen LogP contribution in [0.15, 0.2) is 47.1 Å². The Morgan fingerprint density at radius 3 is 2.75 bits per heavy atom. The molecule has 0 bridgehead atoms. The third-order valence-electron chi connectivity index (χ3n) is 3.18. The first-order chi connectivity index (χ1) is 9.76. The van der Waals surface area contributed by atoms with Gasteiger partial charge in [0.05, 0.1) is 17.6 Å². The van der Waals surface area contributed by atoms with E-state index in [0.29, 0.717) is 6.42 Å². The van der Waals surface area contributed by atoms with Crippen molar-refractivity contribution in [3.05, 3.63) is 52.8 Å². The number of rotatable bonds is 4. The Morgan fingerprint density at radius 2 is 1.90 bits per heavy atom. The van der Waals surface area contributed by atoms with Crippen molar-refractivity contribution >= 4 is 26.7 Å². The molecule has 3 rings (SSSR count). The zero-order chi connectivity index (χ0) is 13.9. The molecule has 0 radical (unpaired) electrons. The number of hydrogen-bond donors (Lipinski definition) is 1. The van der Waals surface area contributed by atoms with E-state index < -0.39 is 0 Å². The van der Waals surface area contributed by atoms with Crippen LogP contribution < -0.4 is 0 Å². The molecule has 0 aliphatic rings. The highest BCUT2D eigenvalue weighted by atomic mass is 79.9. The molecule has 0 aliphatic carbocycles. The number of fused-ring (bicyclic) bond motifs is 1. The maximum absolute atomic E-state index is 8.83. The Morgan fingerprint density at radius 1 is 1.10 bits per heavy atom. The quantitative estimate of drug-likeness (QED) is 0.799. The number of hydrogen-bond acceptors (Lipinski definition) is 3. The van der Waals surface area contributed by atoms with Gasteiger partial charge in [0.25, 0.3) is 0 Å². The average Bonchev–Trinajstić information content (AvgIpc) is 2.93. The van der Waals surface area contributed by atoms with Gasteiger partial charge in [0.2, 0.25) is 0 Å². The lowest BCUT2D eigenvalue weighted by Crippen LogP contribution is -1.94. The molecule has 0 spiro atoms. The molecule has 1 heterocycles. The predicted molar refractivity (Wildman–Crippen MR) is 82.0 cm³/mol. The standard InChI is InChI=1S/C15H14BrN3O/c16-13-5-3-12-9-15(6-4-11(12)8-13)19-10-14(17-18-19)2-1-7-20/h3-6,8-10,20H,1-2,7H2. The van der Waals surface area contributed by atoms with Crippen molar-refractivity contribution in [2.45, 2.75) is 12.8 Å². The van der Waals surface area contributed by atoms with Crippen molar-refractivity contribution in [1.82, 2.24) is 15.0 Å². The van der Waals surface area contributed by atoms with Crippen LogP contribution in [0.5, 0.6) is 0 Å². The normalized spacial score (nSPS) is 11.1. The Kier molecular flexibility index (Phi) is 3.80. The summed E-state index contributed by atoms with van der Waals surface area (Å²) in [5.74, 6) is 0. The molecule has 0 fully saturated rings. The van der Waals surface area contributed by atoms with Gasteiger partial charge in [-0.15, -0.1) is 5.10 Å². The summed E-state index contributed by atoms with van der Waals surface area (Å²) in [4.78, 5) is 0. The van der Waals surface area contributed by atoms with Gasteiger partial charge < -0.3 is 5.11 Å². The highest BCUT2D eigenvalue weighted by Crippen LogP contribution is 2.22. The molecule has 2 aromatic carbocycles. The molecule has 0 saturated heterocycles. The topological polar surface area (TPSA) is 50.9 Å². The van der Waals surface area contributed by atoms with Gasteiger partial charge in [-0.2, -0.15) is 0 Å². The molecule has 20 heavy (non-hydrogen) atoms. The van der Waals surface area contributed by atoms with E-state index in [1.807, 2.05) is 18.3 Å². The van der Waals surface area contributed by atoms with Crippen LogP contribution in [0.2, 0.25) is 0 Å². The van der Waals surface area contributed by atoms with Crippen LogP contribution in [-0.2, 0) is 6.42 Å². The van der Waals surface area contributed by atoms with Crippen molar-refractivity contribution < 1.29 is 5.11 Å². The summed E-state index contributed by atoms with van der Waals surface area (Å²) in [5, 5.41) is 19.4. The number of aryl methyl sites for hydroxylation is 1. The van der Waals surface area contributed by atoms with E-state index in [9.17, 15) is 0 Å². The maximum atomic E-state index is 8.83. The minimum Gasteiger partial charge on any atom is -0.396 e. The number of nitrogens with zero attached hydrogens (tertiary/aromatic N) is 3. The van der Waals surface area contributed by atoms with Crippen molar-refractivity contribution in [3.63, 3.8) is 0 Å². The van der Waals surface area contributed by atoms with E-state index in [1.54, 1.807) is 4.68 Å². The van der Waals surface area contributed by atoms with Crippen LogP contribution in [0.3, 0.4) is 0 Å². The first-order valence-corrected chi connectivity index (χ1v) is 7.27. The van der Waals surface area contributed by atoms with Crippen LogP contribution in [-0.4, -0.2) is 26.7 Å². The fourth-order valence-electron chi connectivity index (χ4n) is 2.15. The molecule has 5 heteroatoms. The largest absolute Gasteiger partial charge is 0.396 e. The molecule has 0 unspecified atom stereocenters. The van der Waals surface area contributed by atoms with E-state index >= 15 is 0 Å². The van der Waals surface area contributed by atoms with E-state index in [4.69, 9.17) is 5.11 Å². The minimum absolute atomic E-state index is 0.178. The Balaban J connectivity index is 1.93. The first-order valence-electron chi connectivity index (χ1n) is 6.48. The molecular formula is C15H14BrN3O. The van der Waals surface area contributed by atoms with Crippen molar-refractivity contribution in [2.24, 2.45) is 0 Å². The molecule has 0 amide bonds. The fraction of sp³-hybridized carbons (Fsp3) is 0.200. The second-order valence-electron chi connectivity index (χ2n) is 4.66. The highest BCUT2D eigenvalue weighted by molar-refractivity contribution is 9.10. The summed E-state index contributed by atoms with van der Waals surface area (Å²) in [7, 11) is 0. The molecule has 0 aliphatic heterocycles. The molecule has 102 valence electrons. The number of aromatic nitrogens is 3. The molecule has 0 atom stereocenters. The molecule has 1 aromatic heterocycles. The second-order valence-corrected chi connectivity index (χ2v) is 5.57. The van der Waals surface area contributed by atoms with Gasteiger partial charge in [0, 0.05) is 11.1 Å². The lowest BCUT2D eigenvalue weighted by Gasteiger charge is -2.03. The summed E-state index contributed by atoms with van der Waals surface area (Å²) in [6.07, 6.45) is 3.37. The summed E-state index contributed by atoms with van der Waals surface area (Å²) < 4.78 is 2.85. The zero-order valence-corrected chi connectivity index (χ0v) is 12.4. The van der Waals surface area contributed by atoms with E-state index in [-0.39, 0.29) is 6.61 Å². The molecule has 4 nitrogen and oxygen atoms in total. The van der Waals surface area contributed by atoms with Gasteiger partial charge in [0.1, 0.15) is 0 Å². The van der Waals surface area contributed by atoms with Gasteiger partial charge in [-0.05, 0) is 47.9 Å². The van der Waals surface area contributed by atoms with Gasteiger partial charge >= 0.3 is 0 Å². The van der Waals surface area contributed by atoms with Crippen molar-refractivity contribution in [2.75, 3.05) is 6.61 Å². The van der Waals surface area contributed by atoms with Crippen LogP contribution in [0.4, 0.5) is 0 Å². The van der Waals surface area contributed by atoms with Crippen LogP contribution >= 0.6 is 15.9 Å². The Labute approximate surface area is 125 Å². The molecule has 3 aromatic rings. The maximum Gasteiger partial charge on any atom is 0.0832 e. The van der Waals surface area contributed by atoms with Gasteiger partial charge in [-0.3, -0.25) is 0 Å². The lowest BCUT2D eigenvalue weighted by atomic mass is 10.1. The van der Waals surface area contributed by atoms with Crippen molar-refractivity contribution in [3.8, 4) is 5.69 Å². The molecular weight excluding hydrogens is 318 g/mol. The lowest BCUT2D eigenvalue weighted by molar-refractivity contribution is 0.288. The monoisotopic (exact) mass is 331 g/mol. The van der Waals surface area contributed by atoms with Gasteiger partial charge in [-0.1, -0.05) is 33.3 Å². The predicted octanol–water partition coefficient (Wildman–Crippen LogP) is 3.11. The van der Waals surface area contributed by atoms with Crippen molar-refractivity contribution in [1.29, 1.82) is 0 Å². The first kappa shape index (κ1) is 13.3. The zero-order valence-electron chi connectivity index (χ0n) is 10.8. The minimum atomic E-state index is 0.178. The average molecular weight is 332 g/mol. The SMILES string of the molecule is OCCCc1cn(-c2ccc3cc(Br)ccc3c2)nn1. The number of benzene rings is 2. The summed E-state index contributed by atoms with van der Waals surface area (Å²) in [5.41, 5.74) is 1.89. The van der Waals surface area contributed by atoms with Crippen LogP contribution in [0.1, 0.15) is 12.1 Å². The van der Waals surface area contributed by atoms with Crippen LogP contribution in [0, 0.1) is 0 Å². The Hall–Kier alpha value is -1.72. The van der Waals surface area contributed by atoms with E-state index in [1.165, 1.54) is 5.39 Å². The third kappa shape index (κ3) is 2.73. The Bertz CT molecular complexity index is 739. The summed E-state index contributed by atoms with van der Waals surface area (Å²) in [6.45, 7) is 0.178. The number of aliphatic hydroxyl groups excluding tert-OH is 1. The van der Waals surface area contributed by atoms with Gasteiger partial charge in [0.15, 0.2) is 0 Å². The third-order valence-corrected chi connectivity index (χ3v) is 3.68. The second kappa shape index (κ2) is 5.73. The van der Waals surface area contributed by atoms with Crippen LogP contribution in [0.25, 0.3) is 16.5 Å².